The summed E-state index contributed by atoms with van der Waals surface area (Å²) < 4.78 is 31.4. The first-order valence-corrected chi connectivity index (χ1v) is 12.7. The van der Waals surface area contributed by atoms with Crippen molar-refractivity contribution in [1.29, 1.82) is 0 Å². The van der Waals surface area contributed by atoms with Crippen LogP contribution >= 0.6 is 0 Å². The van der Waals surface area contributed by atoms with E-state index in [9.17, 15) is 13.2 Å². The van der Waals surface area contributed by atoms with Gasteiger partial charge in [-0.25, -0.2) is 8.42 Å². The van der Waals surface area contributed by atoms with Gasteiger partial charge in [-0.05, 0) is 54.7 Å². The Labute approximate surface area is 186 Å². The number of carbonyl (C=O) groups is 1. The smallest absolute Gasteiger partial charge is 0.232 e. The fourth-order valence-corrected chi connectivity index (χ4v) is 4.22. The summed E-state index contributed by atoms with van der Waals surface area (Å²) in [5.41, 5.74) is 3.06. The van der Waals surface area contributed by atoms with E-state index in [2.05, 4.69) is 31.3 Å². The molecule has 0 aliphatic heterocycles. The zero-order chi connectivity index (χ0) is 22.7. The fourth-order valence-electron chi connectivity index (χ4n) is 3.26. The standard InChI is InChI=1S/C24H34N2O4S/c1-4-7-21-11-15-23(16-12-21)30-19-17-25-24(27)8-6-18-26(31(3,28)29)22-13-9-20(5-2)10-14-22/h9-16H,4-8,17-19H2,1-3H3,(H,25,27). The average molecular weight is 447 g/mol. The van der Waals surface area contributed by atoms with Crippen LogP contribution < -0.4 is 14.4 Å². The predicted molar refractivity (Wildman–Crippen MR) is 126 cm³/mol. The van der Waals surface area contributed by atoms with Crippen molar-refractivity contribution in [2.24, 2.45) is 0 Å². The topological polar surface area (TPSA) is 75.7 Å². The molecule has 1 N–H and O–H groups in total. The minimum atomic E-state index is -3.41. The van der Waals surface area contributed by atoms with Crippen LogP contribution in [0.5, 0.6) is 5.75 Å². The number of anilines is 1. The Bertz CT molecular complexity index is 910. The van der Waals surface area contributed by atoms with Gasteiger partial charge in [-0.1, -0.05) is 44.5 Å². The Kier molecular flexibility index (Phi) is 9.85. The lowest BCUT2D eigenvalue weighted by atomic mass is 10.1. The van der Waals surface area contributed by atoms with Gasteiger partial charge in [0.1, 0.15) is 12.4 Å². The summed E-state index contributed by atoms with van der Waals surface area (Å²) in [6, 6.07) is 15.5. The molecule has 170 valence electrons. The third-order valence-electron chi connectivity index (χ3n) is 4.95. The Morgan fingerprint density at radius 2 is 1.65 bits per heavy atom. The van der Waals surface area contributed by atoms with Crippen LogP contribution in [-0.4, -0.2) is 40.3 Å². The molecule has 0 aromatic heterocycles. The maximum atomic E-state index is 12.2. The molecule has 0 spiro atoms. The Hall–Kier alpha value is -2.54. The average Bonchev–Trinajstić information content (AvgIpc) is 2.75. The summed E-state index contributed by atoms with van der Waals surface area (Å²) in [7, 11) is -3.41. The van der Waals surface area contributed by atoms with Gasteiger partial charge in [-0.15, -0.1) is 0 Å². The van der Waals surface area contributed by atoms with Crippen LogP contribution in [0.25, 0.3) is 0 Å². The van der Waals surface area contributed by atoms with Crippen LogP contribution in [0.3, 0.4) is 0 Å². The van der Waals surface area contributed by atoms with Gasteiger partial charge in [0.05, 0.1) is 18.5 Å². The minimum Gasteiger partial charge on any atom is -0.492 e. The fraction of sp³-hybridized carbons (Fsp3) is 0.458. The molecule has 0 aliphatic carbocycles. The first-order valence-electron chi connectivity index (χ1n) is 10.9. The van der Waals surface area contributed by atoms with Crippen LogP contribution in [0.15, 0.2) is 48.5 Å². The summed E-state index contributed by atoms with van der Waals surface area (Å²) in [5, 5.41) is 2.82. The number of aryl methyl sites for hydroxylation is 2. The quantitative estimate of drug-likeness (QED) is 0.473. The van der Waals surface area contributed by atoms with E-state index in [1.807, 2.05) is 36.4 Å². The Balaban J connectivity index is 1.72. The van der Waals surface area contributed by atoms with Crippen LogP contribution in [0, 0.1) is 0 Å². The zero-order valence-electron chi connectivity index (χ0n) is 18.8. The number of hydrogen-bond acceptors (Lipinski definition) is 4. The van der Waals surface area contributed by atoms with E-state index >= 15 is 0 Å². The van der Waals surface area contributed by atoms with Crippen molar-refractivity contribution in [2.45, 2.75) is 46.0 Å². The number of hydrogen-bond donors (Lipinski definition) is 1. The maximum Gasteiger partial charge on any atom is 0.232 e. The summed E-state index contributed by atoms with van der Waals surface area (Å²) >= 11 is 0. The van der Waals surface area contributed by atoms with E-state index in [1.54, 1.807) is 0 Å². The van der Waals surface area contributed by atoms with E-state index in [-0.39, 0.29) is 18.9 Å². The molecule has 0 unspecified atom stereocenters. The van der Waals surface area contributed by atoms with E-state index in [4.69, 9.17) is 4.74 Å². The molecule has 0 saturated carbocycles. The van der Waals surface area contributed by atoms with Crippen molar-refractivity contribution in [2.75, 3.05) is 30.3 Å². The molecule has 0 atom stereocenters. The first-order chi connectivity index (χ1) is 14.8. The van der Waals surface area contributed by atoms with Crippen LogP contribution in [-0.2, 0) is 27.7 Å². The number of ether oxygens (including phenoxy) is 1. The monoisotopic (exact) mass is 446 g/mol. The predicted octanol–water partition coefficient (Wildman–Crippen LogP) is 3.94. The lowest BCUT2D eigenvalue weighted by molar-refractivity contribution is -0.121. The number of benzene rings is 2. The van der Waals surface area contributed by atoms with Gasteiger partial charge < -0.3 is 10.1 Å². The third kappa shape index (κ3) is 8.61. The van der Waals surface area contributed by atoms with Crippen LogP contribution in [0.2, 0.25) is 0 Å². The normalized spacial score (nSPS) is 11.2. The summed E-state index contributed by atoms with van der Waals surface area (Å²) in [4.78, 5) is 12.1. The molecular weight excluding hydrogens is 412 g/mol. The number of sulfonamides is 1. The van der Waals surface area contributed by atoms with Crippen molar-refractivity contribution in [3.05, 3.63) is 59.7 Å². The maximum absolute atomic E-state index is 12.2. The molecule has 31 heavy (non-hydrogen) atoms. The van der Waals surface area contributed by atoms with Crippen LogP contribution in [0.4, 0.5) is 5.69 Å². The summed E-state index contributed by atoms with van der Waals surface area (Å²) in [6.45, 7) is 5.26. The second-order valence-corrected chi connectivity index (χ2v) is 9.46. The SMILES string of the molecule is CCCc1ccc(OCCNC(=O)CCCN(c2ccc(CC)cc2)S(C)(=O)=O)cc1. The van der Waals surface area contributed by atoms with E-state index in [0.717, 1.165) is 30.6 Å². The number of amides is 1. The number of nitrogens with one attached hydrogen (secondary N) is 1. The second kappa shape index (κ2) is 12.3. The zero-order valence-corrected chi connectivity index (χ0v) is 19.6. The van der Waals surface area contributed by atoms with Crippen molar-refractivity contribution < 1.29 is 17.9 Å². The molecule has 0 radical (unpaired) electrons. The highest BCUT2D eigenvalue weighted by Gasteiger charge is 2.17. The van der Waals surface area contributed by atoms with E-state index < -0.39 is 10.0 Å². The van der Waals surface area contributed by atoms with Gasteiger partial charge >= 0.3 is 0 Å². The largest absolute Gasteiger partial charge is 0.492 e. The number of carbonyl (C=O) groups excluding carboxylic acids is 1. The minimum absolute atomic E-state index is 0.114. The van der Waals surface area contributed by atoms with E-state index in [0.29, 0.717) is 25.3 Å². The van der Waals surface area contributed by atoms with Crippen molar-refractivity contribution in [1.82, 2.24) is 5.32 Å². The molecule has 6 nitrogen and oxygen atoms in total. The second-order valence-electron chi connectivity index (χ2n) is 7.55. The molecular formula is C24H34N2O4S. The highest BCUT2D eigenvalue weighted by Crippen LogP contribution is 2.19. The summed E-state index contributed by atoms with van der Waals surface area (Å²) in [6.07, 6.45) is 4.94. The molecule has 2 aromatic carbocycles. The first kappa shape index (κ1) is 24.7. The molecule has 0 bridgehead atoms. The highest BCUT2D eigenvalue weighted by molar-refractivity contribution is 7.92. The van der Waals surface area contributed by atoms with E-state index in [1.165, 1.54) is 16.1 Å². The molecule has 0 fully saturated rings. The van der Waals surface area contributed by atoms with Gasteiger partial charge in [0.25, 0.3) is 0 Å². The van der Waals surface area contributed by atoms with Gasteiger partial charge in [0.2, 0.25) is 15.9 Å². The molecule has 2 rings (SSSR count). The summed E-state index contributed by atoms with van der Waals surface area (Å²) in [5.74, 6) is 0.670. The van der Waals surface area contributed by atoms with Crippen molar-refractivity contribution in [3.63, 3.8) is 0 Å². The van der Waals surface area contributed by atoms with Gasteiger partial charge in [-0.2, -0.15) is 0 Å². The van der Waals surface area contributed by atoms with Gasteiger partial charge in [0.15, 0.2) is 0 Å². The molecule has 0 aliphatic rings. The van der Waals surface area contributed by atoms with Crippen molar-refractivity contribution >= 4 is 21.6 Å². The molecule has 2 aromatic rings. The van der Waals surface area contributed by atoms with Crippen LogP contribution in [0.1, 0.15) is 44.2 Å². The van der Waals surface area contributed by atoms with Gasteiger partial charge in [-0.3, -0.25) is 9.10 Å². The Morgan fingerprint density at radius 3 is 2.23 bits per heavy atom. The Morgan fingerprint density at radius 1 is 1.00 bits per heavy atom. The molecule has 0 heterocycles. The molecule has 0 saturated heterocycles. The molecule has 7 heteroatoms. The lowest BCUT2D eigenvalue weighted by Gasteiger charge is -2.22. The number of rotatable bonds is 13. The molecule has 1 amide bonds. The van der Waals surface area contributed by atoms with Gasteiger partial charge in [0, 0.05) is 13.0 Å². The van der Waals surface area contributed by atoms with Crippen molar-refractivity contribution in [3.8, 4) is 5.75 Å². The number of nitrogens with zero attached hydrogens (tertiary/aromatic N) is 1. The third-order valence-corrected chi connectivity index (χ3v) is 6.15. The highest BCUT2D eigenvalue weighted by atomic mass is 32.2. The lowest BCUT2D eigenvalue weighted by Crippen LogP contribution is -2.32.